The molecular weight excluding hydrogens is 402 g/mol. The van der Waals surface area contributed by atoms with Crippen LogP contribution in [0.3, 0.4) is 0 Å². The number of rotatable bonds is 5. The highest BCUT2D eigenvalue weighted by Crippen LogP contribution is 2.45. The van der Waals surface area contributed by atoms with Gasteiger partial charge in [0, 0.05) is 5.56 Å². The van der Waals surface area contributed by atoms with Gasteiger partial charge in [-0.05, 0) is 55.8 Å². The molecule has 0 aliphatic carbocycles. The van der Waals surface area contributed by atoms with Crippen LogP contribution in [0.1, 0.15) is 29.0 Å². The molecular formula is C22H23N3O4S. The number of nitrogens with zero attached hydrogens (tertiary/aromatic N) is 2. The largest absolute Gasteiger partial charge is 0.504 e. The van der Waals surface area contributed by atoms with E-state index >= 15 is 0 Å². The predicted octanol–water partition coefficient (Wildman–Crippen LogP) is 4.07. The number of aryl methyl sites for hydroxylation is 1. The van der Waals surface area contributed by atoms with Gasteiger partial charge in [-0.3, -0.25) is 4.79 Å². The highest BCUT2D eigenvalue weighted by Gasteiger charge is 2.31. The van der Waals surface area contributed by atoms with Crippen molar-refractivity contribution >= 4 is 23.5 Å². The minimum atomic E-state index is -0.134. The fourth-order valence-corrected chi connectivity index (χ4v) is 4.70. The van der Waals surface area contributed by atoms with E-state index in [9.17, 15) is 9.90 Å². The summed E-state index contributed by atoms with van der Waals surface area (Å²) in [5.74, 6) is 2.16. The second-order valence-electron chi connectivity index (χ2n) is 6.86. The van der Waals surface area contributed by atoms with Crippen LogP contribution in [0, 0.1) is 6.92 Å². The lowest BCUT2D eigenvalue weighted by Crippen LogP contribution is -2.15. The van der Waals surface area contributed by atoms with E-state index in [4.69, 9.17) is 14.6 Å². The molecule has 0 bridgehead atoms. The Kier molecular flexibility index (Phi) is 5.59. The second-order valence-corrected chi connectivity index (χ2v) is 7.95. The molecule has 8 heteroatoms. The maximum atomic E-state index is 12.5. The first-order valence-corrected chi connectivity index (χ1v) is 10.7. The number of hydrogen-bond acceptors (Lipinski definition) is 6. The summed E-state index contributed by atoms with van der Waals surface area (Å²) >= 11 is 1.53. The topological polar surface area (TPSA) is 85.6 Å². The van der Waals surface area contributed by atoms with Crippen molar-refractivity contribution < 1.29 is 19.4 Å². The Bertz CT molecular complexity index is 1080. The molecule has 2 N–H and O–H groups in total. The number of hydrogen-bond donors (Lipinski definition) is 2. The molecule has 1 aliphatic heterocycles. The molecule has 1 unspecified atom stereocenters. The van der Waals surface area contributed by atoms with Gasteiger partial charge < -0.3 is 19.9 Å². The summed E-state index contributed by atoms with van der Waals surface area (Å²) in [4.78, 5) is 12.5. The van der Waals surface area contributed by atoms with Crippen LogP contribution in [-0.4, -0.2) is 40.3 Å². The summed E-state index contributed by atoms with van der Waals surface area (Å²) in [6.45, 7) is 4.26. The van der Waals surface area contributed by atoms with Crippen molar-refractivity contribution in [2.24, 2.45) is 0 Å². The van der Waals surface area contributed by atoms with Gasteiger partial charge in [-0.25, -0.2) is 4.68 Å². The molecule has 2 heterocycles. The molecule has 3 aromatic rings. The second kappa shape index (κ2) is 8.31. The number of nitrogens with one attached hydrogen (secondary N) is 1. The molecule has 1 amide bonds. The van der Waals surface area contributed by atoms with Crippen LogP contribution < -0.4 is 14.8 Å². The molecule has 7 nitrogen and oxygen atoms in total. The SMILES string of the molecule is CCOc1cc(C2SCC(=O)Nc3c2c(C)nn3-c2ccc(OC)cc2)ccc1O. The third kappa shape index (κ3) is 3.70. The molecule has 30 heavy (non-hydrogen) atoms. The zero-order valence-corrected chi connectivity index (χ0v) is 17.8. The highest BCUT2D eigenvalue weighted by molar-refractivity contribution is 8.00. The average molecular weight is 426 g/mol. The summed E-state index contributed by atoms with van der Waals surface area (Å²) in [6, 6.07) is 12.8. The van der Waals surface area contributed by atoms with Crippen molar-refractivity contribution in [3.8, 4) is 22.9 Å². The Morgan fingerprint density at radius 2 is 2.03 bits per heavy atom. The van der Waals surface area contributed by atoms with E-state index in [1.54, 1.807) is 17.9 Å². The van der Waals surface area contributed by atoms with E-state index in [-0.39, 0.29) is 16.9 Å². The third-order valence-corrected chi connectivity index (χ3v) is 6.18. The average Bonchev–Trinajstić information content (AvgIpc) is 2.95. The molecule has 0 spiro atoms. The molecule has 2 aromatic carbocycles. The molecule has 4 rings (SSSR count). The molecule has 0 saturated carbocycles. The lowest BCUT2D eigenvalue weighted by Gasteiger charge is -2.17. The van der Waals surface area contributed by atoms with Crippen LogP contribution in [-0.2, 0) is 4.79 Å². The molecule has 0 radical (unpaired) electrons. The van der Waals surface area contributed by atoms with Crippen molar-refractivity contribution in [1.29, 1.82) is 0 Å². The Labute approximate surface area is 179 Å². The third-order valence-electron chi connectivity index (χ3n) is 4.91. The number of phenolic OH excluding ortho intramolecular Hbond substituents is 1. The number of aromatic nitrogens is 2. The van der Waals surface area contributed by atoms with Crippen LogP contribution in [0.2, 0.25) is 0 Å². The van der Waals surface area contributed by atoms with Gasteiger partial charge in [0.15, 0.2) is 11.5 Å². The van der Waals surface area contributed by atoms with E-state index < -0.39 is 0 Å². The number of fused-ring (bicyclic) bond motifs is 1. The van der Waals surface area contributed by atoms with Gasteiger partial charge >= 0.3 is 0 Å². The Morgan fingerprint density at radius 1 is 1.27 bits per heavy atom. The van der Waals surface area contributed by atoms with E-state index in [0.29, 0.717) is 23.9 Å². The van der Waals surface area contributed by atoms with Crippen LogP contribution >= 0.6 is 11.8 Å². The molecule has 0 fully saturated rings. The van der Waals surface area contributed by atoms with E-state index in [1.807, 2.05) is 50.2 Å². The maximum Gasteiger partial charge on any atom is 0.235 e. The maximum absolute atomic E-state index is 12.5. The fourth-order valence-electron chi connectivity index (χ4n) is 3.52. The van der Waals surface area contributed by atoms with E-state index in [2.05, 4.69) is 5.32 Å². The number of ether oxygens (including phenoxy) is 2. The minimum absolute atomic E-state index is 0.0813. The van der Waals surface area contributed by atoms with E-state index in [0.717, 1.165) is 28.3 Å². The van der Waals surface area contributed by atoms with Gasteiger partial charge in [0.1, 0.15) is 11.6 Å². The number of methoxy groups -OCH3 is 1. The molecule has 1 aromatic heterocycles. The fraction of sp³-hybridized carbons (Fsp3) is 0.273. The molecule has 156 valence electrons. The number of thioether (sulfide) groups is 1. The van der Waals surface area contributed by atoms with Crippen molar-refractivity contribution in [2.45, 2.75) is 19.1 Å². The van der Waals surface area contributed by atoms with E-state index in [1.165, 1.54) is 11.8 Å². The number of carbonyl (C=O) groups excluding carboxylic acids is 1. The van der Waals surface area contributed by atoms with Crippen molar-refractivity contribution in [2.75, 3.05) is 24.8 Å². The molecule has 1 aliphatic rings. The number of anilines is 1. The van der Waals surface area contributed by atoms with Crippen LogP contribution in [0.4, 0.5) is 5.82 Å². The number of benzene rings is 2. The number of phenols is 1. The van der Waals surface area contributed by atoms with Crippen molar-refractivity contribution in [3.05, 3.63) is 59.3 Å². The van der Waals surface area contributed by atoms with Gasteiger partial charge in [-0.15, -0.1) is 11.8 Å². The Morgan fingerprint density at radius 3 is 2.73 bits per heavy atom. The van der Waals surface area contributed by atoms with Crippen LogP contribution in [0.5, 0.6) is 17.2 Å². The normalized spacial score (nSPS) is 15.8. The monoisotopic (exact) mass is 425 g/mol. The van der Waals surface area contributed by atoms with Gasteiger partial charge in [0.25, 0.3) is 0 Å². The van der Waals surface area contributed by atoms with Gasteiger partial charge in [0.05, 0.1) is 36.1 Å². The standard InChI is InChI=1S/C22H23N3O4S/c1-4-29-18-11-14(5-10-17(18)26)21-20-13(2)24-25(22(20)23-19(27)12-30-21)15-6-8-16(28-3)9-7-15/h5-11,21,26H,4,12H2,1-3H3,(H,23,27). The summed E-state index contributed by atoms with van der Waals surface area (Å²) < 4.78 is 12.6. The summed E-state index contributed by atoms with van der Waals surface area (Å²) in [6.07, 6.45) is 0. The summed E-state index contributed by atoms with van der Waals surface area (Å²) in [7, 11) is 1.62. The summed E-state index contributed by atoms with van der Waals surface area (Å²) in [5, 5.41) is 17.7. The van der Waals surface area contributed by atoms with Crippen molar-refractivity contribution in [3.63, 3.8) is 0 Å². The summed E-state index contributed by atoms with van der Waals surface area (Å²) in [5.41, 5.74) is 3.53. The number of amides is 1. The van der Waals surface area contributed by atoms with Gasteiger partial charge in [-0.1, -0.05) is 6.07 Å². The van der Waals surface area contributed by atoms with Crippen LogP contribution in [0.15, 0.2) is 42.5 Å². The highest BCUT2D eigenvalue weighted by atomic mass is 32.2. The molecule has 1 atom stereocenters. The lowest BCUT2D eigenvalue weighted by atomic mass is 10.0. The first-order chi connectivity index (χ1) is 14.5. The Balaban J connectivity index is 1.83. The zero-order chi connectivity index (χ0) is 21.3. The smallest absolute Gasteiger partial charge is 0.235 e. The predicted molar refractivity (Wildman–Crippen MR) is 117 cm³/mol. The first-order valence-electron chi connectivity index (χ1n) is 9.63. The molecule has 0 saturated heterocycles. The Hall–Kier alpha value is -3.13. The van der Waals surface area contributed by atoms with Crippen molar-refractivity contribution in [1.82, 2.24) is 9.78 Å². The first kappa shape index (κ1) is 20.2. The quantitative estimate of drug-likeness (QED) is 0.641. The van der Waals surface area contributed by atoms with Crippen LogP contribution in [0.25, 0.3) is 5.69 Å². The zero-order valence-electron chi connectivity index (χ0n) is 17.0. The van der Waals surface area contributed by atoms with Gasteiger partial charge in [0.2, 0.25) is 5.91 Å². The number of aromatic hydroxyl groups is 1. The van der Waals surface area contributed by atoms with Gasteiger partial charge in [-0.2, -0.15) is 5.10 Å². The lowest BCUT2D eigenvalue weighted by molar-refractivity contribution is -0.113. The number of carbonyl (C=O) groups is 1. The minimum Gasteiger partial charge on any atom is -0.504 e.